The Morgan fingerprint density at radius 2 is 1.94 bits per heavy atom. The van der Waals surface area contributed by atoms with E-state index in [1.54, 1.807) is 0 Å². The highest BCUT2D eigenvalue weighted by Gasteiger charge is 2.13. The normalized spacial score (nSPS) is 11.4. The summed E-state index contributed by atoms with van der Waals surface area (Å²) < 4.78 is 15.3. The number of aryl methyl sites for hydroxylation is 2. The van der Waals surface area contributed by atoms with Crippen LogP contribution in [0.25, 0.3) is 0 Å². The highest BCUT2D eigenvalue weighted by molar-refractivity contribution is 5.17. The maximum absolute atomic E-state index is 13.9. The molecule has 104 valence electrons. The molecule has 0 unspecified atom stereocenters. The molecule has 1 N–H and O–H groups in total. The van der Waals surface area contributed by atoms with Gasteiger partial charge < -0.3 is 10.2 Å². The molecule has 18 heavy (non-hydrogen) atoms. The Morgan fingerprint density at radius 1 is 1.28 bits per heavy atom. The summed E-state index contributed by atoms with van der Waals surface area (Å²) in [7, 11) is 0. The molecule has 1 aromatic rings. The molecule has 0 fully saturated rings. The predicted octanol–water partition coefficient (Wildman–Crippen LogP) is 1.78. The molecule has 0 saturated heterocycles. The van der Waals surface area contributed by atoms with E-state index in [9.17, 15) is 4.39 Å². The Hall–Kier alpha value is -0.940. The number of hydrogen-bond donors (Lipinski definition) is 1. The van der Waals surface area contributed by atoms with Gasteiger partial charge in [0, 0.05) is 31.7 Å². The van der Waals surface area contributed by atoms with E-state index in [4.69, 9.17) is 0 Å². The number of aromatic nitrogens is 2. The summed E-state index contributed by atoms with van der Waals surface area (Å²) in [5, 5.41) is 7.45. The van der Waals surface area contributed by atoms with Gasteiger partial charge in [0.2, 0.25) is 5.95 Å². The first-order valence-electron chi connectivity index (χ1n) is 6.78. The minimum absolute atomic E-state index is 0.203. The fourth-order valence-corrected chi connectivity index (χ4v) is 1.99. The van der Waals surface area contributed by atoms with Crippen LogP contribution < -0.4 is 5.32 Å². The van der Waals surface area contributed by atoms with Crippen LogP contribution in [0.4, 0.5) is 4.39 Å². The maximum Gasteiger partial charge on any atom is 0.216 e. The zero-order chi connectivity index (χ0) is 13.5. The topological polar surface area (TPSA) is 33.1 Å². The lowest BCUT2D eigenvalue weighted by Crippen LogP contribution is -2.31. The van der Waals surface area contributed by atoms with Crippen molar-refractivity contribution in [1.29, 1.82) is 0 Å². The van der Waals surface area contributed by atoms with Crippen molar-refractivity contribution in [2.45, 2.75) is 40.8 Å². The molecule has 0 saturated carbocycles. The first kappa shape index (κ1) is 15.1. The highest BCUT2D eigenvalue weighted by Crippen LogP contribution is 2.11. The number of nitrogens with one attached hydrogen (secondary N) is 1. The minimum Gasteiger partial charge on any atom is -0.311 e. The van der Waals surface area contributed by atoms with E-state index in [-0.39, 0.29) is 5.95 Å². The molecule has 1 heterocycles. The van der Waals surface area contributed by atoms with Crippen molar-refractivity contribution in [3.8, 4) is 0 Å². The molecule has 0 aromatic carbocycles. The zero-order valence-corrected chi connectivity index (χ0v) is 12.0. The van der Waals surface area contributed by atoms with Crippen LogP contribution in [-0.2, 0) is 13.1 Å². The fourth-order valence-electron chi connectivity index (χ4n) is 1.99. The van der Waals surface area contributed by atoms with E-state index in [1.165, 1.54) is 4.68 Å². The Morgan fingerprint density at radius 3 is 2.44 bits per heavy atom. The van der Waals surface area contributed by atoms with Crippen molar-refractivity contribution in [3.05, 3.63) is 17.2 Å². The fraction of sp³-hybridized carbons (Fsp3) is 0.769. The van der Waals surface area contributed by atoms with Gasteiger partial charge in [0.05, 0.1) is 5.69 Å². The van der Waals surface area contributed by atoms with E-state index in [2.05, 4.69) is 29.2 Å². The van der Waals surface area contributed by atoms with Gasteiger partial charge in [-0.05, 0) is 26.9 Å². The Bertz CT molecular complexity index is 358. The number of hydrogen-bond acceptors (Lipinski definition) is 3. The number of nitrogens with zero attached hydrogens (tertiary/aromatic N) is 3. The first-order chi connectivity index (χ1) is 8.63. The van der Waals surface area contributed by atoms with Gasteiger partial charge in [-0.2, -0.15) is 9.49 Å². The van der Waals surface area contributed by atoms with Gasteiger partial charge in [-0.15, -0.1) is 0 Å². The molecule has 0 aliphatic carbocycles. The monoisotopic (exact) mass is 256 g/mol. The van der Waals surface area contributed by atoms with Gasteiger partial charge in [-0.25, -0.2) is 4.68 Å². The SMILES string of the molecule is CCN(CC)CCNCc1c(C)nn(CC)c1F. The minimum atomic E-state index is -0.203. The van der Waals surface area contributed by atoms with E-state index in [0.717, 1.165) is 31.9 Å². The quantitative estimate of drug-likeness (QED) is 0.720. The summed E-state index contributed by atoms with van der Waals surface area (Å²) in [5.41, 5.74) is 1.47. The second kappa shape index (κ2) is 7.48. The van der Waals surface area contributed by atoms with Gasteiger partial charge in [-0.1, -0.05) is 13.8 Å². The first-order valence-corrected chi connectivity index (χ1v) is 6.78. The molecule has 4 nitrogen and oxygen atoms in total. The van der Waals surface area contributed by atoms with Crippen molar-refractivity contribution >= 4 is 0 Å². The van der Waals surface area contributed by atoms with Crippen LogP contribution in [0.3, 0.4) is 0 Å². The van der Waals surface area contributed by atoms with Gasteiger partial charge >= 0.3 is 0 Å². The molecule has 5 heteroatoms. The molecule has 0 bridgehead atoms. The van der Waals surface area contributed by atoms with Gasteiger partial charge in [0.1, 0.15) is 0 Å². The van der Waals surface area contributed by atoms with Crippen molar-refractivity contribution in [2.24, 2.45) is 0 Å². The third-order valence-corrected chi connectivity index (χ3v) is 3.28. The van der Waals surface area contributed by atoms with E-state index < -0.39 is 0 Å². The summed E-state index contributed by atoms with van der Waals surface area (Å²) in [4.78, 5) is 2.34. The van der Waals surface area contributed by atoms with Crippen molar-refractivity contribution in [3.63, 3.8) is 0 Å². The highest BCUT2D eigenvalue weighted by atomic mass is 19.1. The number of rotatable bonds is 8. The summed E-state index contributed by atoms with van der Waals surface area (Å²) in [5.74, 6) is -0.203. The lowest BCUT2D eigenvalue weighted by Gasteiger charge is -2.17. The van der Waals surface area contributed by atoms with Crippen LogP contribution >= 0.6 is 0 Å². The second-order valence-electron chi connectivity index (χ2n) is 4.37. The van der Waals surface area contributed by atoms with Crippen LogP contribution in [0, 0.1) is 12.9 Å². The molecule has 0 spiro atoms. The molecule has 0 atom stereocenters. The van der Waals surface area contributed by atoms with E-state index in [1.807, 2.05) is 13.8 Å². The van der Waals surface area contributed by atoms with Crippen molar-refractivity contribution in [2.75, 3.05) is 26.2 Å². The average Bonchev–Trinajstić information content (AvgIpc) is 2.65. The molecule has 1 rings (SSSR count). The Balaban J connectivity index is 2.42. The van der Waals surface area contributed by atoms with Crippen molar-refractivity contribution < 1.29 is 4.39 Å². The molecule has 0 amide bonds. The molecular formula is C13H25FN4. The summed E-state index contributed by atoms with van der Waals surface area (Å²) in [6.07, 6.45) is 0. The number of halogens is 1. The lowest BCUT2D eigenvalue weighted by atomic mass is 10.2. The molecule has 0 aliphatic rings. The van der Waals surface area contributed by atoms with Crippen molar-refractivity contribution in [1.82, 2.24) is 20.0 Å². The second-order valence-corrected chi connectivity index (χ2v) is 4.37. The van der Waals surface area contributed by atoms with Gasteiger partial charge in [0.25, 0.3) is 0 Å². The van der Waals surface area contributed by atoms with Crippen LogP contribution in [0.2, 0.25) is 0 Å². The van der Waals surface area contributed by atoms with Gasteiger partial charge in [-0.3, -0.25) is 0 Å². The van der Waals surface area contributed by atoms with Crippen LogP contribution in [0.1, 0.15) is 32.0 Å². The predicted molar refractivity (Wildman–Crippen MR) is 72.1 cm³/mol. The summed E-state index contributed by atoms with van der Waals surface area (Å²) in [6.45, 7) is 13.2. The van der Waals surface area contributed by atoms with Crippen LogP contribution in [0.5, 0.6) is 0 Å². The molecule has 0 radical (unpaired) electrons. The van der Waals surface area contributed by atoms with Crippen LogP contribution in [-0.4, -0.2) is 40.9 Å². The third kappa shape index (κ3) is 3.78. The Labute approximate surface area is 109 Å². The molecular weight excluding hydrogens is 231 g/mol. The largest absolute Gasteiger partial charge is 0.311 e. The summed E-state index contributed by atoms with van der Waals surface area (Å²) >= 11 is 0. The summed E-state index contributed by atoms with van der Waals surface area (Å²) in [6, 6.07) is 0. The third-order valence-electron chi connectivity index (χ3n) is 3.28. The lowest BCUT2D eigenvalue weighted by molar-refractivity contribution is 0.302. The molecule has 1 aromatic heterocycles. The maximum atomic E-state index is 13.9. The standard InChI is InChI=1S/C13H25FN4/c1-5-17(6-2)9-8-15-10-12-11(4)16-18(7-3)13(12)14/h15H,5-10H2,1-4H3. The number of likely N-dealkylation sites (N-methyl/N-ethyl adjacent to an activating group) is 1. The Kier molecular flexibility index (Phi) is 6.29. The molecule has 0 aliphatic heterocycles. The van der Waals surface area contributed by atoms with Crippen LogP contribution in [0.15, 0.2) is 0 Å². The average molecular weight is 256 g/mol. The zero-order valence-electron chi connectivity index (χ0n) is 12.0. The van der Waals surface area contributed by atoms with E-state index >= 15 is 0 Å². The van der Waals surface area contributed by atoms with Gasteiger partial charge in [0.15, 0.2) is 0 Å². The van der Waals surface area contributed by atoms with E-state index in [0.29, 0.717) is 18.7 Å². The smallest absolute Gasteiger partial charge is 0.216 e.